The fourth-order valence-electron chi connectivity index (χ4n) is 4.04. The van der Waals surface area contributed by atoms with Gasteiger partial charge in [-0.05, 0) is 68.6 Å². The van der Waals surface area contributed by atoms with Crippen molar-refractivity contribution in [1.82, 2.24) is 4.90 Å². The first-order valence-electron chi connectivity index (χ1n) is 8.46. The number of nitrogens with zero attached hydrogens (tertiary/aromatic N) is 1. The Morgan fingerprint density at radius 3 is 2.65 bits per heavy atom. The number of piperidine rings is 3. The van der Waals surface area contributed by atoms with E-state index in [-0.39, 0.29) is 11.4 Å². The molecule has 1 aromatic rings. The SMILES string of the molecule is COc1ccc2c(c1)C(C(=O)OCC13CCN(CC1)CC3)=CC2. The lowest BCUT2D eigenvalue weighted by molar-refractivity contribution is -0.143. The minimum Gasteiger partial charge on any atom is -0.497 e. The van der Waals surface area contributed by atoms with Crippen molar-refractivity contribution in [3.63, 3.8) is 0 Å². The summed E-state index contributed by atoms with van der Waals surface area (Å²) in [7, 11) is 1.65. The second kappa shape index (κ2) is 5.68. The van der Waals surface area contributed by atoms with Crippen LogP contribution in [0.4, 0.5) is 0 Å². The van der Waals surface area contributed by atoms with Crippen LogP contribution in [-0.4, -0.2) is 44.2 Å². The van der Waals surface area contributed by atoms with Gasteiger partial charge >= 0.3 is 5.97 Å². The van der Waals surface area contributed by atoms with Crippen LogP contribution < -0.4 is 4.74 Å². The average Bonchev–Trinajstić information content (AvgIpc) is 3.04. The highest BCUT2D eigenvalue weighted by Gasteiger charge is 2.40. The first-order valence-corrected chi connectivity index (χ1v) is 8.46. The molecule has 122 valence electrons. The molecule has 5 rings (SSSR count). The lowest BCUT2D eigenvalue weighted by Crippen LogP contribution is -2.50. The van der Waals surface area contributed by atoms with Crippen molar-refractivity contribution in [2.75, 3.05) is 33.4 Å². The molecule has 4 nitrogen and oxygen atoms in total. The maximum Gasteiger partial charge on any atom is 0.338 e. The van der Waals surface area contributed by atoms with E-state index in [9.17, 15) is 4.79 Å². The first kappa shape index (κ1) is 14.8. The molecule has 2 bridgehead atoms. The minimum atomic E-state index is -0.181. The van der Waals surface area contributed by atoms with E-state index in [0.717, 1.165) is 56.6 Å². The second-order valence-electron chi connectivity index (χ2n) is 7.01. The number of carbonyl (C=O) groups excluding carboxylic acids is 1. The van der Waals surface area contributed by atoms with Gasteiger partial charge in [0, 0.05) is 5.41 Å². The van der Waals surface area contributed by atoms with E-state index < -0.39 is 0 Å². The molecular formula is C19H23NO3. The molecule has 3 saturated heterocycles. The molecule has 3 fully saturated rings. The Balaban J connectivity index is 1.45. The number of hydrogen-bond acceptors (Lipinski definition) is 4. The Morgan fingerprint density at radius 1 is 1.22 bits per heavy atom. The highest BCUT2D eigenvalue weighted by Crippen LogP contribution is 2.40. The molecule has 0 amide bonds. The lowest BCUT2D eigenvalue weighted by Gasteiger charge is -2.47. The van der Waals surface area contributed by atoms with Crippen molar-refractivity contribution in [3.05, 3.63) is 35.4 Å². The molecule has 1 aromatic carbocycles. The number of allylic oxidation sites excluding steroid dienone is 1. The van der Waals surface area contributed by atoms with Crippen LogP contribution >= 0.6 is 0 Å². The van der Waals surface area contributed by atoms with Crippen LogP contribution in [0.1, 0.15) is 30.4 Å². The monoisotopic (exact) mass is 313 g/mol. The summed E-state index contributed by atoms with van der Waals surface area (Å²) in [5.74, 6) is 0.599. The van der Waals surface area contributed by atoms with Crippen LogP contribution in [0.25, 0.3) is 5.57 Å². The third-order valence-electron chi connectivity index (χ3n) is 5.74. The summed E-state index contributed by atoms with van der Waals surface area (Å²) in [5.41, 5.74) is 3.05. The summed E-state index contributed by atoms with van der Waals surface area (Å²) in [5, 5.41) is 0. The molecular weight excluding hydrogens is 290 g/mol. The standard InChI is InChI=1S/C19H23NO3/c1-22-15-4-2-14-3-5-16(17(14)12-15)18(21)23-13-19-6-9-20(10-7-19)11-8-19/h2,4-5,12H,3,6-11,13H2,1H3. The zero-order valence-electron chi connectivity index (χ0n) is 13.6. The Bertz CT molecular complexity index is 643. The predicted octanol–water partition coefficient (Wildman–Crippen LogP) is 2.66. The molecule has 0 spiro atoms. The first-order chi connectivity index (χ1) is 11.2. The molecule has 0 N–H and O–H groups in total. The van der Waals surface area contributed by atoms with Gasteiger partial charge in [0.25, 0.3) is 0 Å². The predicted molar refractivity (Wildman–Crippen MR) is 88.4 cm³/mol. The third kappa shape index (κ3) is 2.65. The van der Waals surface area contributed by atoms with Gasteiger partial charge in [-0.2, -0.15) is 0 Å². The number of hydrogen-bond donors (Lipinski definition) is 0. The fourth-order valence-corrected chi connectivity index (χ4v) is 4.04. The van der Waals surface area contributed by atoms with E-state index in [1.807, 2.05) is 24.3 Å². The molecule has 4 aliphatic rings. The molecule has 0 unspecified atom stereocenters. The zero-order valence-corrected chi connectivity index (χ0v) is 13.6. The molecule has 1 aliphatic carbocycles. The number of benzene rings is 1. The van der Waals surface area contributed by atoms with Gasteiger partial charge in [0.15, 0.2) is 0 Å². The van der Waals surface area contributed by atoms with Gasteiger partial charge in [-0.3, -0.25) is 0 Å². The number of rotatable bonds is 4. The van der Waals surface area contributed by atoms with E-state index in [2.05, 4.69) is 4.90 Å². The summed E-state index contributed by atoms with van der Waals surface area (Å²) in [6.45, 7) is 4.02. The number of carbonyl (C=O) groups is 1. The van der Waals surface area contributed by atoms with E-state index in [1.165, 1.54) is 5.56 Å². The Morgan fingerprint density at radius 2 is 1.96 bits per heavy atom. The summed E-state index contributed by atoms with van der Waals surface area (Å²) in [6, 6.07) is 5.91. The molecule has 0 radical (unpaired) electrons. The second-order valence-corrected chi connectivity index (χ2v) is 7.01. The van der Waals surface area contributed by atoms with E-state index in [1.54, 1.807) is 7.11 Å². The number of ether oxygens (including phenoxy) is 2. The van der Waals surface area contributed by atoms with E-state index in [0.29, 0.717) is 12.2 Å². The van der Waals surface area contributed by atoms with Gasteiger partial charge in [-0.15, -0.1) is 0 Å². The molecule has 3 heterocycles. The van der Waals surface area contributed by atoms with Gasteiger partial charge < -0.3 is 14.4 Å². The quantitative estimate of drug-likeness (QED) is 0.801. The molecule has 23 heavy (non-hydrogen) atoms. The van der Waals surface area contributed by atoms with Gasteiger partial charge in [0.1, 0.15) is 5.75 Å². The molecule has 4 heteroatoms. The summed E-state index contributed by atoms with van der Waals surface area (Å²) in [4.78, 5) is 15.1. The van der Waals surface area contributed by atoms with Crippen molar-refractivity contribution < 1.29 is 14.3 Å². The lowest BCUT2D eigenvalue weighted by atomic mass is 9.73. The maximum absolute atomic E-state index is 12.6. The topological polar surface area (TPSA) is 38.8 Å². The minimum absolute atomic E-state index is 0.181. The largest absolute Gasteiger partial charge is 0.497 e. The summed E-state index contributed by atoms with van der Waals surface area (Å²) in [6.07, 6.45) is 6.24. The maximum atomic E-state index is 12.6. The molecule has 3 aliphatic heterocycles. The molecule has 0 saturated carbocycles. The molecule has 0 aromatic heterocycles. The van der Waals surface area contributed by atoms with Crippen molar-refractivity contribution in [3.8, 4) is 5.75 Å². The highest BCUT2D eigenvalue weighted by molar-refractivity contribution is 6.18. The van der Waals surface area contributed by atoms with Crippen LogP contribution in [0, 0.1) is 5.41 Å². The number of fused-ring (bicyclic) bond motifs is 4. The van der Waals surface area contributed by atoms with Crippen molar-refractivity contribution >= 4 is 11.5 Å². The van der Waals surface area contributed by atoms with Crippen LogP contribution in [-0.2, 0) is 16.0 Å². The van der Waals surface area contributed by atoms with Gasteiger partial charge in [0.05, 0.1) is 19.3 Å². The normalized spacial score (nSPS) is 28.2. The fraction of sp³-hybridized carbons (Fsp3) is 0.526. The van der Waals surface area contributed by atoms with Gasteiger partial charge in [0.2, 0.25) is 0 Å². The van der Waals surface area contributed by atoms with Gasteiger partial charge in [-0.1, -0.05) is 12.1 Å². The van der Waals surface area contributed by atoms with E-state index >= 15 is 0 Å². The van der Waals surface area contributed by atoms with E-state index in [4.69, 9.17) is 9.47 Å². The average molecular weight is 313 g/mol. The highest BCUT2D eigenvalue weighted by atomic mass is 16.5. The number of methoxy groups -OCH3 is 1. The third-order valence-corrected chi connectivity index (χ3v) is 5.74. The smallest absolute Gasteiger partial charge is 0.338 e. The Labute approximate surface area is 137 Å². The van der Waals surface area contributed by atoms with Crippen LogP contribution in [0.3, 0.4) is 0 Å². The molecule has 0 atom stereocenters. The van der Waals surface area contributed by atoms with Crippen molar-refractivity contribution in [2.45, 2.75) is 25.7 Å². The van der Waals surface area contributed by atoms with Crippen molar-refractivity contribution in [1.29, 1.82) is 0 Å². The Kier molecular flexibility index (Phi) is 3.64. The Hall–Kier alpha value is -1.81. The van der Waals surface area contributed by atoms with Gasteiger partial charge in [-0.25, -0.2) is 4.79 Å². The van der Waals surface area contributed by atoms with Crippen molar-refractivity contribution in [2.24, 2.45) is 5.41 Å². The van der Waals surface area contributed by atoms with Crippen LogP contribution in [0.2, 0.25) is 0 Å². The number of esters is 1. The summed E-state index contributed by atoms with van der Waals surface area (Å²) >= 11 is 0. The summed E-state index contributed by atoms with van der Waals surface area (Å²) < 4.78 is 11.0. The van der Waals surface area contributed by atoms with Crippen LogP contribution in [0.15, 0.2) is 24.3 Å². The zero-order chi connectivity index (χ0) is 15.9. The van der Waals surface area contributed by atoms with Crippen LogP contribution in [0.5, 0.6) is 5.75 Å².